The quantitative estimate of drug-likeness (QED) is 0.738. The number of nitrogens with one attached hydrogen (secondary N) is 1. The van der Waals surface area contributed by atoms with Gasteiger partial charge in [0.05, 0.1) is 11.2 Å². The Labute approximate surface area is 102 Å². The number of fused-ring (bicyclic) bond motifs is 2. The highest BCUT2D eigenvalue weighted by atomic mass is 16.1. The van der Waals surface area contributed by atoms with Crippen molar-refractivity contribution in [3.05, 3.63) is 41.1 Å². The smallest absolute Gasteiger partial charge is 0.179 e. The second-order valence-electron chi connectivity index (χ2n) is 5.43. The first-order valence-electron chi connectivity index (χ1n) is 6.24. The second kappa shape index (κ2) is 3.46. The average Bonchev–Trinajstić information content (AvgIpc) is 2.31. The van der Waals surface area contributed by atoms with Crippen LogP contribution < -0.4 is 5.32 Å². The van der Waals surface area contributed by atoms with E-state index in [-0.39, 0.29) is 11.3 Å². The van der Waals surface area contributed by atoms with E-state index in [1.807, 2.05) is 0 Å². The molecule has 0 saturated heterocycles. The van der Waals surface area contributed by atoms with Crippen LogP contribution in [0.1, 0.15) is 44.2 Å². The first kappa shape index (κ1) is 10.6. The van der Waals surface area contributed by atoms with Crippen LogP contribution in [0.2, 0.25) is 0 Å². The summed E-state index contributed by atoms with van der Waals surface area (Å²) in [6.45, 7) is 4.27. The molecule has 1 aromatic carbocycles. The molecule has 88 valence electrons. The van der Waals surface area contributed by atoms with Crippen LogP contribution in [-0.2, 0) is 10.3 Å². The predicted molar refractivity (Wildman–Crippen MR) is 68.4 cm³/mol. The molecule has 17 heavy (non-hydrogen) atoms. The molecule has 0 amide bonds. The summed E-state index contributed by atoms with van der Waals surface area (Å²) in [4.78, 5) is 12.0. The number of Topliss-reactive ketones (excluding diaryl/α,β-unsaturated/α-hetero) is 1. The summed E-state index contributed by atoms with van der Waals surface area (Å²) in [6.07, 6.45) is 2.68. The van der Waals surface area contributed by atoms with Crippen molar-refractivity contribution in [1.82, 2.24) is 5.32 Å². The number of hydrogen-bond acceptors (Lipinski definition) is 2. The summed E-state index contributed by atoms with van der Waals surface area (Å²) >= 11 is 0. The molecule has 0 spiro atoms. The molecule has 2 aliphatic rings. The molecule has 3 rings (SSSR count). The molecule has 1 aliphatic heterocycles. The minimum absolute atomic E-state index is 0.150. The molecule has 1 heterocycles. The molecule has 1 N–H and O–H groups in total. The predicted octanol–water partition coefficient (Wildman–Crippen LogP) is 2.99. The Bertz CT molecular complexity index is 525. The lowest BCUT2D eigenvalue weighted by Gasteiger charge is -2.38. The number of carbonyl (C=O) groups excluding carboxylic acids is 1. The molecule has 0 unspecified atom stereocenters. The third-order valence-corrected chi connectivity index (χ3v) is 3.77. The van der Waals surface area contributed by atoms with Gasteiger partial charge in [-0.2, -0.15) is 0 Å². The largest absolute Gasteiger partial charge is 0.373 e. The summed E-state index contributed by atoms with van der Waals surface area (Å²) in [7, 11) is 0. The van der Waals surface area contributed by atoms with E-state index in [1.54, 1.807) is 0 Å². The highest BCUT2D eigenvalue weighted by Gasteiger charge is 2.35. The van der Waals surface area contributed by atoms with Crippen LogP contribution in [0.25, 0.3) is 5.57 Å². The van der Waals surface area contributed by atoms with Gasteiger partial charge in [-0.3, -0.25) is 4.79 Å². The van der Waals surface area contributed by atoms with E-state index in [1.165, 1.54) is 16.7 Å². The Hall–Kier alpha value is -1.57. The summed E-state index contributed by atoms with van der Waals surface area (Å²) < 4.78 is 0. The zero-order chi connectivity index (χ0) is 12.0. The molecule has 2 heteroatoms. The molecule has 2 nitrogen and oxygen atoms in total. The molecule has 1 aromatic rings. The normalized spacial score (nSPS) is 21.6. The topological polar surface area (TPSA) is 29.1 Å². The van der Waals surface area contributed by atoms with Gasteiger partial charge < -0.3 is 5.32 Å². The lowest BCUT2D eigenvalue weighted by molar-refractivity contribution is -0.116. The number of benzene rings is 1. The van der Waals surface area contributed by atoms with Crippen LogP contribution in [-0.4, -0.2) is 5.78 Å². The van der Waals surface area contributed by atoms with Crippen molar-refractivity contribution in [2.75, 3.05) is 0 Å². The summed E-state index contributed by atoms with van der Waals surface area (Å²) in [6, 6.07) is 8.43. The highest BCUT2D eigenvalue weighted by molar-refractivity contribution is 6.04. The number of carbonyl (C=O) groups is 1. The van der Waals surface area contributed by atoms with Gasteiger partial charge in [0.1, 0.15) is 0 Å². The van der Waals surface area contributed by atoms with Gasteiger partial charge in [0, 0.05) is 6.42 Å². The number of allylic oxidation sites excluding steroid dienone is 2. The molecule has 0 aromatic heterocycles. The third kappa shape index (κ3) is 1.51. The van der Waals surface area contributed by atoms with Gasteiger partial charge in [-0.1, -0.05) is 24.3 Å². The Morgan fingerprint density at radius 3 is 2.76 bits per heavy atom. The molecule has 0 radical (unpaired) electrons. The monoisotopic (exact) mass is 227 g/mol. The average molecular weight is 227 g/mol. The van der Waals surface area contributed by atoms with Crippen LogP contribution in [0.4, 0.5) is 0 Å². The van der Waals surface area contributed by atoms with Crippen molar-refractivity contribution in [1.29, 1.82) is 0 Å². The number of rotatable bonds is 0. The highest BCUT2D eigenvalue weighted by Crippen LogP contribution is 2.40. The Kier molecular flexibility index (Phi) is 2.15. The molecule has 0 bridgehead atoms. The first-order valence-corrected chi connectivity index (χ1v) is 6.24. The second-order valence-corrected chi connectivity index (χ2v) is 5.43. The summed E-state index contributed by atoms with van der Waals surface area (Å²) in [5.74, 6) is 0.272. The van der Waals surface area contributed by atoms with E-state index in [0.717, 1.165) is 18.5 Å². The fourth-order valence-corrected chi connectivity index (χ4v) is 2.93. The van der Waals surface area contributed by atoms with Crippen molar-refractivity contribution < 1.29 is 4.79 Å². The molecule has 1 aliphatic carbocycles. The molecule has 0 fully saturated rings. The zero-order valence-electron chi connectivity index (χ0n) is 10.3. The number of hydrogen-bond donors (Lipinski definition) is 1. The van der Waals surface area contributed by atoms with Crippen LogP contribution in [0.15, 0.2) is 30.0 Å². The molecular weight excluding hydrogens is 210 g/mol. The van der Waals surface area contributed by atoms with Crippen LogP contribution in [0, 0.1) is 0 Å². The molecule has 0 atom stereocenters. The lowest BCUT2D eigenvalue weighted by Crippen LogP contribution is -2.43. The fourth-order valence-electron chi connectivity index (χ4n) is 2.93. The van der Waals surface area contributed by atoms with Gasteiger partial charge in [-0.25, -0.2) is 0 Å². The Balaban J connectivity index is 2.25. The van der Waals surface area contributed by atoms with Crippen molar-refractivity contribution in [2.45, 2.75) is 38.6 Å². The first-order chi connectivity index (χ1) is 8.09. The maximum absolute atomic E-state index is 12.0. The summed E-state index contributed by atoms with van der Waals surface area (Å²) in [5, 5.41) is 3.43. The van der Waals surface area contributed by atoms with Gasteiger partial charge in [-0.15, -0.1) is 0 Å². The van der Waals surface area contributed by atoms with E-state index >= 15 is 0 Å². The third-order valence-electron chi connectivity index (χ3n) is 3.77. The fraction of sp³-hybridized carbons (Fsp3) is 0.400. The van der Waals surface area contributed by atoms with Gasteiger partial charge in [0.25, 0.3) is 0 Å². The standard InChI is InChI=1S/C15H17NO/c1-15(2)12-8-4-3-6-10(12)11-7-5-9-13(17)14(11)16-15/h3-4,6,8,16H,5,7,9H2,1-2H3. The SMILES string of the molecule is CC1(C)NC2=C(CCCC2=O)c2ccccc21. The minimum Gasteiger partial charge on any atom is -0.373 e. The number of ketones is 1. The summed E-state index contributed by atoms with van der Waals surface area (Å²) in [5.41, 5.74) is 4.49. The van der Waals surface area contributed by atoms with E-state index in [4.69, 9.17) is 0 Å². The van der Waals surface area contributed by atoms with E-state index in [0.29, 0.717) is 6.42 Å². The molecular formula is C15H17NO. The van der Waals surface area contributed by atoms with Crippen LogP contribution >= 0.6 is 0 Å². The van der Waals surface area contributed by atoms with Crippen LogP contribution in [0.5, 0.6) is 0 Å². The van der Waals surface area contributed by atoms with Gasteiger partial charge in [0.2, 0.25) is 0 Å². The van der Waals surface area contributed by atoms with E-state index in [2.05, 4.69) is 43.4 Å². The van der Waals surface area contributed by atoms with E-state index < -0.39 is 0 Å². The van der Waals surface area contributed by atoms with Crippen molar-refractivity contribution >= 4 is 11.4 Å². The van der Waals surface area contributed by atoms with Crippen LogP contribution in [0.3, 0.4) is 0 Å². The Morgan fingerprint density at radius 2 is 1.94 bits per heavy atom. The van der Waals surface area contributed by atoms with Crippen molar-refractivity contribution in [3.8, 4) is 0 Å². The minimum atomic E-state index is -0.150. The maximum Gasteiger partial charge on any atom is 0.179 e. The van der Waals surface area contributed by atoms with Gasteiger partial charge >= 0.3 is 0 Å². The Morgan fingerprint density at radius 1 is 1.18 bits per heavy atom. The van der Waals surface area contributed by atoms with Crippen molar-refractivity contribution in [3.63, 3.8) is 0 Å². The van der Waals surface area contributed by atoms with Crippen molar-refractivity contribution in [2.24, 2.45) is 0 Å². The maximum atomic E-state index is 12.0. The van der Waals surface area contributed by atoms with E-state index in [9.17, 15) is 4.79 Å². The zero-order valence-corrected chi connectivity index (χ0v) is 10.3. The van der Waals surface area contributed by atoms with Gasteiger partial charge in [0.15, 0.2) is 5.78 Å². The molecule has 0 saturated carbocycles. The van der Waals surface area contributed by atoms with Gasteiger partial charge in [-0.05, 0) is 43.4 Å². The lowest BCUT2D eigenvalue weighted by atomic mass is 9.78.